The van der Waals surface area contributed by atoms with Crippen LogP contribution in [0.15, 0.2) is 24.3 Å². The van der Waals surface area contributed by atoms with Gasteiger partial charge in [0.25, 0.3) is 0 Å². The van der Waals surface area contributed by atoms with E-state index in [0.717, 1.165) is 16.9 Å². The van der Waals surface area contributed by atoms with Gasteiger partial charge in [-0.05, 0) is 37.6 Å². The molecule has 0 spiro atoms. The number of hydrogen-bond acceptors (Lipinski definition) is 5. The maximum atomic E-state index is 12.8. The van der Waals surface area contributed by atoms with Crippen LogP contribution < -0.4 is 5.32 Å². The highest BCUT2D eigenvalue weighted by molar-refractivity contribution is 5.75. The van der Waals surface area contributed by atoms with Crippen molar-refractivity contribution in [2.75, 3.05) is 13.2 Å². The zero-order chi connectivity index (χ0) is 19.2. The van der Waals surface area contributed by atoms with Gasteiger partial charge in [-0.2, -0.15) is 18.0 Å². The van der Waals surface area contributed by atoms with Gasteiger partial charge in [0.2, 0.25) is 11.7 Å². The van der Waals surface area contributed by atoms with Crippen LogP contribution in [0.2, 0.25) is 0 Å². The lowest BCUT2D eigenvalue weighted by molar-refractivity contribution is -0.137. The highest BCUT2D eigenvalue weighted by atomic mass is 19.4. The number of hydrogen-bond donors (Lipinski definition) is 1. The molecule has 0 unspecified atom stereocenters. The lowest BCUT2D eigenvalue weighted by Crippen LogP contribution is -2.30. The third kappa shape index (κ3) is 6.10. The molecule has 1 N–H and O–H groups in total. The molecule has 0 saturated heterocycles. The van der Waals surface area contributed by atoms with Crippen molar-refractivity contribution in [1.29, 1.82) is 0 Å². The van der Waals surface area contributed by atoms with Crippen molar-refractivity contribution in [3.63, 3.8) is 0 Å². The van der Waals surface area contributed by atoms with Gasteiger partial charge in [-0.15, -0.1) is 10.2 Å². The lowest BCUT2D eigenvalue weighted by Gasteiger charge is -2.08. The zero-order valence-electron chi connectivity index (χ0n) is 14.5. The van der Waals surface area contributed by atoms with Gasteiger partial charge in [0.05, 0.1) is 11.7 Å². The van der Waals surface area contributed by atoms with Crippen LogP contribution in [-0.2, 0) is 22.3 Å². The molecule has 10 heteroatoms. The van der Waals surface area contributed by atoms with Gasteiger partial charge in [-0.3, -0.25) is 4.79 Å². The van der Waals surface area contributed by atoms with E-state index in [1.807, 2.05) is 13.8 Å². The molecule has 1 amide bonds. The topological polar surface area (TPSA) is 81.9 Å². The predicted molar refractivity (Wildman–Crippen MR) is 87.0 cm³/mol. The predicted octanol–water partition coefficient (Wildman–Crippen LogP) is 2.29. The third-order valence-electron chi connectivity index (χ3n) is 3.28. The van der Waals surface area contributed by atoms with Crippen molar-refractivity contribution >= 4 is 5.91 Å². The minimum absolute atomic E-state index is 0.0224. The quantitative estimate of drug-likeness (QED) is 0.720. The summed E-state index contributed by atoms with van der Waals surface area (Å²) in [6.07, 6.45) is -3.64. The van der Waals surface area contributed by atoms with E-state index in [4.69, 9.17) is 4.74 Å². The van der Waals surface area contributed by atoms with E-state index in [1.54, 1.807) is 0 Å². The Morgan fingerprint density at radius 3 is 2.81 bits per heavy atom. The van der Waals surface area contributed by atoms with Crippen LogP contribution in [0.5, 0.6) is 0 Å². The number of tetrazole rings is 1. The number of aromatic nitrogens is 4. The van der Waals surface area contributed by atoms with Gasteiger partial charge in [-0.1, -0.05) is 12.1 Å². The molecule has 0 aliphatic carbocycles. The van der Waals surface area contributed by atoms with Crippen molar-refractivity contribution in [3.05, 3.63) is 29.8 Å². The number of amides is 1. The van der Waals surface area contributed by atoms with Crippen LogP contribution in [0.25, 0.3) is 11.4 Å². The van der Waals surface area contributed by atoms with Gasteiger partial charge in [0, 0.05) is 18.7 Å². The van der Waals surface area contributed by atoms with Crippen molar-refractivity contribution in [2.24, 2.45) is 0 Å². The summed E-state index contributed by atoms with van der Waals surface area (Å²) in [5, 5.41) is 14.0. The molecule has 1 heterocycles. The van der Waals surface area contributed by atoms with Crippen molar-refractivity contribution in [1.82, 2.24) is 25.5 Å². The Morgan fingerprint density at radius 2 is 2.12 bits per heavy atom. The van der Waals surface area contributed by atoms with E-state index in [2.05, 4.69) is 20.7 Å². The minimum atomic E-state index is -4.45. The van der Waals surface area contributed by atoms with Gasteiger partial charge in [0.1, 0.15) is 6.54 Å². The number of ether oxygens (including phenoxy) is 1. The van der Waals surface area contributed by atoms with E-state index < -0.39 is 11.7 Å². The third-order valence-corrected chi connectivity index (χ3v) is 3.28. The zero-order valence-corrected chi connectivity index (χ0v) is 14.5. The van der Waals surface area contributed by atoms with Crippen LogP contribution in [0.3, 0.4) is 0 Å². The van der Waals surface area contributed by atoms with Crippen LogP contribution >= 0.6 is 0 Å². The second-order valence-electron chi connectivity index (χ2n) is 5.85. The minimum Gasteiger partial charge on any atom is -0.379 e. The largest absolute Gasteiger partial charge is 0.416 e. The molecule has 1 aromatic heterocycles. The number of benzene rings is 1. The molecule has 2 aromatic rings. The van der Waals surface area contributed by atoms with E-state index in [9.17, 15) is 18.0 Å². The molecule has 0 bridgehead atoms. The fourth-order valence-electron chi connectivity index (χ4n) is 2.06. The molecular weight excluding hydrogens is 351 g/mol. The molecule has 7 nitrogen and oxygen atoms in total. The van der Waals surface area contributed by atoms with Crippen LogP contribution in [-0.4, -0.2) is 45.4 Å². The molecule has 1 aromatic carbocycles. The second-order valence-corrected chi connectivity index (χ2v) is 5.85. The van der Waals surface area contributed by atoms with Crippen molar-refractivity contribution in [3.8, 4) is 11.4 Å². The van der Waals surface area contributed by atoms with Crippen LogP contribution in [0.4, 0.5) is 13.2 Å². The van der Waals surface area contributed by atoms with Crippen molar-refractivity contribution < 1.29 is 22.7 Å². The summed E-state index contributed by atoms with van der Waals surface area (Å²) >= 11 is 0. The maximum Gasteiger partial charge on any atom is 0.416 e. The van der Waals surface area contributed by atoms with E-state index in [-0.39, 0.29) is 29.9 Å². The summed E-state index contributed by atoms with van der Waals surface area (Å²) in [7, 11) is 0. The Kier molecular flexibility index (Phi) is 6.67. The monoisotopic (exact) mass is 371 g/mol. The molecular formula is C16H20F3N5O2. The smallest absolute Gasteiger partial charge is 0.379 e. The summed E-state index contributed by atoms with van der Waals surface area (Å²) < 4.78 is 43.6. The first kappa shape index (κ1) is 19.8. The Bertz CT molecular complexity index is 731. The van der Waals surface area contributed by atoms with Crippen LogP contribution in [0, 0.1) is 0 Å². The SMILES string of the molecule is CC(C)OCCCNC(=O)Cn1nnc(-c2cccc(C(F)(F)F)c2)n1. The van der Waals surface area contributed by atoms with Gasteiger partial charge >= 0.3 is 6.18 Å². The Balaban J connectivity index is 1.89. The number of nitrogens with zero attached hydrogens (tertiary/aromatic N) is 4. The fourth-order valence-corrected chi connectivity index (χ4v) is 2.06. The van der Waals surface area contributed by atoms with E-state index in [0.29, 0.717) is 19.6 Å². The second kappa shape index (κ2) is 8.75. The molecule has 0 fully saturated rings. The Labute approximate surface area is 148 Å². The molecule has 142 valence electrons. The maximum absolute atomic E-state index is 12.8. The highest BCUT2D eigenvalue weighted by Gasteiger charge is 2.30. The number of carbonyl (C=O) groups excluding carboxylic acids is 1. The number of halogens is 3. The average molecular weight is 371 g/mol. The van der Waals surface area contributed by atoms with Gasteiger partial charge < -0.3 is 10.1 Å². The highest BCUT2D eigenvalue weighted by Crippen LogP contribution is 2.31. The van der Waals surface area contributed by atoms with Gasteiger partial charge in [0.15, 0.2) is 0 Å². The average Bonchev–Trinajstić information content (AvgIpc) is 3.02. The Morgan fingerprint density at radius 1 is 1.35 bits per heavy atom. The number of rotatable bonds is 8. The molecule has 0 aliphatic rings. The first-order chi connectivity index (χ1) is 12.3. The first-order valence-corrected chi connectivity index (χ1v) is 8.09. The molecule has 0 radical (unpaired) electrons. The standard InChI is InChI=1S/C16H20F3N5O2/c1-11(2)26-8-4-7-20-14(25)10-24-22-15(21-23-24)12-5-3-6-13(9-12)16(17,18)19/h3,5-6,9,11H,4,7-8,10H2,1-2H3,(H,20,25). The first-order valence-electron chi connectivity index (χ1n) is 8.09. The van der Waals surface area contributed by atoms with Crippen LogP contribution in [0.1, 0.15) is 25.8 Å². The van der Waals surface area contributed by atoms with Crippen molar-refractivity contribution in [2.45, 2.75) is 39.1 Å². The molecule has 0 atom stereocenters. The Hall–Kier alpha value is -2.49. The number of nitrogens with one attached hydrogen (secondary N) is 1. The number of carbonyl (C=O) groups is 1. The molecule has 2 rings (SSSR count). The summed E-state index contributed by atoms with van der Waals surface area (Å²) in [4.78, 5) is 12.8. The number of alkyl halides is 3. The summed E-state index contributed by atoms with van der Waals surface area (Å²) in [5.74, 6) is -0.295. The normalized spacial score (nSPS) is 11.8. The fraction of sp³-hybridized carbons (Fsp3) is 0.500. The van der Waals surface area contributed by atoms with Gasteiger partial charge in [-0.25, -0.2) is 0 Å². The molecule has 0 aliphatic heterocycles. The summed E-state index contributed by atoms with van der Waals surface area (Å²) in [5.41, 5.74) is -0.620. The van der Waals surface area contributed by atoms with E-state index >= 15 is 0 Å². The molecule has 0 saturated carbocycles. The molecule has 26 heavy (non-hydrogen) atoms. The van der Waals surface area contributed by atoms with E-state index in [1.165, 1.54) is 12.1 Å². The summed E-state index contributed by atoms with van der Waals surface area (Å²) in [6, 6.07) is 4.62. The lowest BCUT2D eigenvalue weighted by atomic mass is 10.1. The summed E-state index contributed by atoms with van der Waals surface area (Å²) in [6.45, 7) is 4.67.